The Labute approximate surface area is 118 Å². The largest absolute Gasteiger partial charge is 0.347 e. The normalized spacial score (nSPS) is 11.3. The van der Waals surface area contributed by atoms with Crippen LogP contribution in [0.4, 0.5) is 0 Å². The first kappa shape index (κ1) is 15.5. The number of amides is 1. The van der Waals surface area contributed by atoms with Crippen molar-refractivity contribution in [1.29, 1.82) is 0 Å². The summed E-state index contributed by atoms with van der Waals surface area (Å²) in [6.45, 7) is 1.14. The molecule has 0 radical (unpaired) electrons. The van der Waals surface area contributed by atoms with E-state index in [1.54, 1.807) is 37.4 Å². The fourth-order valence-corrected chi connectivity index (χ4v) is 2.23. The van der Waals surface area contributed by atoms with Crippen LogP contribution < -0.4 is 5.32 Å². The molecule has 0 aliphatic carbocycles. The van der Waals surface area contributed by atoms with Gasteiger partial charge in [0.2, 0.25) is 5.91 Å². The molecule has 0 fully saturated rings. The summed E-state index contributed by atoms with van der Waals surface area (Å²) in [4.78, 5) is 20.7. The van der Waals surface area contributed by atoms with E-state index in [1.807, 2.05) is 11.9 Å². The average molecular weight is 282 g/mol. The molecule has 1 aromatic rings. The van der Waals surface area contributed by atoms with Crippen molar-refractivity contribution in [1.82, 2.24) is 15.1 Å². The number of thiophene rings is 1. The van der Waals surface area contributed by atoms with Gasteiger partial charge in [0.25, 0.3) is 0 Å². The van der Waals surface area contributed by atoms with Crippen molar-refractivity contribution >= 4 is 23.2 Å². The molecule has 0 atom stereocenters. The maximum absolute atomic E-state index is 11.5. The summed E-state index contributed by atoms with van der Waals surface area (Å²) in [5.41, 5.74) is 0. The van der Waals surface area contributed by atoms with Crippen LogP contribution in [0.5, 0.6) is 0 Å². The lowest BCUT2D eigenvalue weighted by atomic mass is 10.3. The van der Waals surface area contributed by atoms with E-state index in [2.05, 4.69) is 27.8 Å². The molecular weight excluding hydrogens is 260 g/mol. The molecule has 0 spiro atoms. The van der Waals surface area contributed by atoms with Crippen molar-refractivity contribution in [3.05, 3.63) is 22.4 Å². The average Bonchev–Trinajstić information content (AvgIpc) is 2.89. The summed E-state index contributed by atoms with van der Waals surface area (Å²) in [5.74, 6) is 0.777. The number of nitrogens with zero attached hydrogens (tertiary/aromatic N) is 3. The molecule has 1 amide bonds. The number of carbonyl (C=O) groups excluding carboxylic acids is 1. The monoisotopic (exact) mass is 282 g/mol. The van der Waals surface area contributed by atoms with Gasteiger partial charge in [-0.15, -0.1) is 11.3 Å². The highest BCUT2D eigenvalue weighted by molar-refractivity contribution is 7.09. The number of guanidine groups is 1. The highest BCUT2D eigenvalue weighted by atomic mass is 32.1. The topological polar surface area (TPSA) is 47.9 Å². The van der Waals surface area contributed by atoms with Crippen LogP contribution in [0, 0.1) is 0 Å². The molecule has 1 N–H and O–H groups in total. The van der Waals surface area contributed by atoms with Crippen LogP contribution in [-0.4, -0.2) is 62.9 Å². The van der Waals surface area contributed by atoms with Gasteiger partial charge in [0.15, 0.2) is 5.96 Å². The van der Waals surface area contributed by atoms with Crippen LogP contribution >= 0.6 is 11.3 Å². The second kappa shape index (κ2) is 7.78. The number of rotatable bonds is 5. The Morgan fingerprint density at radius 3 is 2.68 bits per heavy atom. The molecular formula is C13H22N4OS. The maximum Gasteiger partial charge on any atom is 0.241 e. The lowest BCUT2D eigenvalue weighted by molar-refractivity contribution is -0.127. The van der Waals surface area contributed by atoms with E-state index >= 15 is 0 Å². The Morgan fingerprint density at radius 1 is 1.42 bits per heavy atom. The van der Waals surface area contributed by atoms with Crippen LogP contribution in [0.1, 0.15) is 4.88 Å². The Bertz CT molecular complexity index is 414. The van der Waals surface area contributed by atoms with E-state index < -0.39 is 0 Å². The molecule has 19 heavy (non-hydrogen) atoms. The minimum Gasteiger partial charge on any atom is -0.347 e. The maximum atomic E-state index is 11.5. The predicted molar refractivity (Wildman–Crippen MR) is 80.7 cm³/mol. The molecule has 106 valence electrons. The lowest BCUT2D eigenvalue weighted by Gasteiger charge is -2.22. The van der Waals surface area contributed by atoms with Gasteiger partial charge in [-0.05, 0) is 17.9 Å². The number of likely N-dealkylation sites (N-methyl/N-ethyl adjacent to an activating group) is 2. The van der Waals surface area contributed by atoms with Gasteiger partial charge in [0.05, 0.1) is 6.54 Å². The molecule has 1 rings (SSSR count). The van der Waals surface area contributed by atoms with E-state index in [1.165, 1.54) is 4.88 Å². The van der Waals surface area contributed by atoms with E-state index in [4.69, 9.17) is 0 Å². The minimum absolute atomic E-state index is 0.0350. The molecule has 1 aromatic heterocycles. The smallest absolute Gasteiger partial charge is 0.241 e. The van der Waals surface area contributed by atoms with Crippen molar-refractivity contribution in [3.8, 4) is 0 Å². The third-order valence-corrected chi connectivity index (χ3v) is 3.68. The van der Waals surface area contributed by atoms with E-state index in [-0.39, 0.29) is 12.5 Å². The zero-order valence-electron chi connectivity index (χ0n) is 12.0. The van der Waals surface area contributed by atoms with Gasteiger partial charge in [0, 0.05) is 39.6 Å². The Morgan fingerprint density at radius 2 is 2.16 bits per heavy atom. The number of hydrogen-bond acceptors (Lipinski definition) is 3. The van der Waals surface area contributed by atoms with E-state index in [0.29, 0.717) is 0 Å². The highest BCUT2D eigenvalue weighted by Gasteiger charge is 2.09. The van der Waals surface area contributed by atoms with Gasteiger partial charge in [-0.25, -0.2) is 0 Å². The molecule has 5 nitrogen and oxygen atoms in total. The first-order valence-electron chi connectivity index (χ1n) is 6.19. The molecule has 0 unspecified atom stereocenters. The van der Waals surface area contributed by atoms with Gasteiger partial charge in [-0.1, -0.05) is 6.07 Å². The van der Waals surface area contributed by atoms with Gasteiger partial charge < -0.3 is 15.1 Å². The van der Waals surface area contributed by atoms with Crippen molar-refractivity contribution in [2.75, 3.05) is 41.3 Å². The molecule has 0 aliphatic heterocycles. The fraction of sp³-hybridized carbons (Fsp3) is 0.538. The van der Waals surface area contributed by atoms with Crippen molar-refractivity contribution in [3.63, 3.8) is 0 Å². The number of nitrogens with one attached hydrogen (secondary N) is 1. The summed E-state index contributed by atoms with van der Waals surface area (Å²) in [7, 11) is 7.19. The van der Waals surface area contributed by atoms with Gasteiger partial charge >= 0.3 is 0 Å². The Kier molecular flexibility index (Phi) is 6.35. The Balaban J connectivity index is 2.39. The second-order valence-electron chi connectivity index (χ2n) is 4.44. The van der Waals surface area contributed by atoms with Crippen molar-refractivity contribution in [2.24, 2.45) is 4.99 Å². The number of carbonyl (C=O) groups is 1. The summed E-state index contributed by atoms with van der Waals surface area (Å²) >= 11 is 1.76. The van der Waals surface area contributed by atoms with E-state index in [0.717, 1.165) is 18.9 Å². The first-order valence-corrected chi connectivity index (χ1v) is 7.07. The fourth-order valence-electron chi connectivity index (χ4n) is 1.54. The molecule has 0 aliphatic rings. The van der Waals surface area contributed by atoms with Crippen LogP contribution in [-0.2, 0) is 11.2 Å². The standard InChI is InChI=1S/C13H22N4OS/c1-14-13(15-10-12(18)16(2)3)17(4)8-7-11-6-5-9-19-11/h5-6,9H,7-8,10H2,1-4H3,(H,14,15). The molecule has 0 aromatic carbocycles. The molecule has 1 heterocycles. The Hall–Kier alpha value is -1.56. The SMILES string of the molecule is CN=C(NCC(=O)N(C)C)N(C)CCc1cccs1. The quantitative estimate of drug-likeness (QED) is 0.644. The first-order chi connectivity index (χ1) is 9.04. The third kappa shape index (κ3) is 5.30. The third-order valence-electron chi connectivity index (χ3n) is 2.74. The van der Waals surface area contributed by atoms with Crippen LogP contribution in [0.2, 0.25) is 0 Å². The summed E-state index contributed by atoms with van der Waals surface area (Å²) in [6, 6.07) is 4.19. The molecule has 6 heteroatoms. The van der Waals surface area contributed by atoms with Gasteiger partial charge in [0.1, 0.15) is 0 Å². The molecule has 0 saturated heterocycles. The van der Waals surface area contributed by atoms with Gasteiger partial charge in [-0.3, -0.25) is 9.79 Å². The molecule has 0 saturated carbocycles. The lowest BCUT2D eigenvalue weighted by Crippen LogP contribution is -2.44. The van der Waals surface area contributed by atoms with Crippen LogP contribution in [0.25, 0.3) is 0 Å². The summed E-state index contributed by atoms with van der Waals surface area (Å²) in [6.07, 6.45) is 0.983. The molecule has 0 bridgehead atoms. The van der Waals surface area contributed by atoms with Crippen LogP contribution in [0.3, 0.4) is 0 Å². The second-order valence-corrected chi connectivity index (χ2v) is 5.47. The zero-order valence-corrected chi connectivity index (χ0v) is 12.8. The van der Waals surface area contributed by atoms with Crippen molar-refractivity contribution < 1.29 is 4.79 Å². The number of hydrogen-bond donors (Lipinski definition) is 1. The zero-order chi connectivity index (χ0) is 14.3. The summed E-state index contributed by atoms with van der Waals surface area (Å²) < 4.78 is 0. The van der Waals surface area contributed by atoms with Crippen molar-refractivity contribution in [2.45, 2.75) is 6.42 Å². The number of aliphatic imine (C=N–C) groups is 1. The summed E-state index contributed by atoms with van der Waals surface area (Å²) in [5, 5.41) is 5.15. The predicted octanol–water partition coefficient (Wildman–Crippen LogP) is 0.886. The van der Waals surface area contributed by atoms with E-state index in [9.17, 15) is 4.79 Å². The highest BCUT2D eigenvalue weighted by Crippen LogP contribution is 2.09. The minimum atomic E-state index is 0.0350. The van der Waals surface area contributed by atoms with Gasteiger partial charge in [-0.2, -0.15) is 0 Å². The van der Waals surface area contributed by atoms with Crippen LogP contribution in [0.15, 0.2) is 22.5 Å².